The lowest BCUT2D eigenvalue weighted by atomic mass is 9.82. The maximum absolute atomic E-state index is 12.3. The first kappa shape index (κ1) is 15.0. The van der Waals surface area contributed by atoms with E-state index in [-0.39, 0.29) is 0 Å². The number of rotatable bonds is 5. The van der Waals surface area contributed by atoms with Gasteiger partial charge >= 0.3 is 11.9 Å². The van der Waals surface area contributed by atoms with Gasteiger partial charge in [0, 0.05) is 0 Å². The van der Waals surface area contributed by atoms with Gasteiger partial charge in [-0.15, -0.1) is 0 Å². The van der Waals surface area contributed by atoms with Crippen molar-refractivity contribution in [2.75, 3.05) is 0 Å². The number of carboxylic acid groups (broad SMARTS) is 2. The van der Waals surface area contributed by atoms with Crippen LogP contribution in [-0.2, 0) is 20.8 Å². The van der Waals surface area contributed by atoms with Crippen LogP contribution in [-0.4, -0.2) is 34.1 Å². The Morgan fingerprint density at radius 3 is 2.62 bits per heavy atom. The monoisotopic (exact) mass is 291 g/mol. The predicted octanol–water partition coefficient (Wildman–Crippen LogP) is 1.15. The molecule has 6 heteroatoms. The number of fused-ring (bicyclic) bond motifs is 1. The van der Waals surface area contributed by atoms with Crippen molar-refractivity contribution in [3.63, 3.8) is 0 Å². The van der Waals surface area contributed by atoms with Gasteiger partial charge in [-0.2, -0.15) is 0 Å². The van der Waals surface area contributed by atoms with Crippen LogP contribution < -0.4 is 5.32 Å². The number of hydrogen-bond donors (Lipinski definition) is 3. The van der Waals surface area contributed by atoms with Crippen molar-refractivity contribution in [1.29, 1.82) is 0 Å². The predicted molar refractivity (Wildman–Crippen MR) is 73.9 cm³/mol. The van der Waals surface area contributed by atoms with Crippen LogP contribution in [0, 0.1) is 0 Å². The maximum atomic E-state index is 12.3. The van der Waals surface area contributed by atoms with E-state index in [2.05, 4.69) is 5.32 Å². The molecule has 0 aliphatic heterocycles. The van der Waals surface area contributed by atoms with Crippen LogP contribution in [0.25, 0.3) is 0 Å². The Labute approximate surface area is 121 Å². The lowest BCUT2D eigenvalue weighted by Gasteiger charge is -2.25. The zero-order chi connectivity index (χ0) is 15.4. The van der Waals surface area contributed by atoms with E-state index < -0.39 is 36.2 Å². The van der Waals surface area contributed by atoms with Gasteiger partial charge in [0.2, 0.25) is 5.91 Å². The molecular formula is C15H17NO5. The summed E-state index contributed by atoms with van der Waals surface area (Å²) < 4.78 is 0. The van der Waals surface area contributed by atoms with Crippen LogP contribution >= 0.6 is 0 Å². The highest BCUT2D eigenvalue weighted by Gasteiger charge is 2.30. The van der Waals surface area contributed by atoms with Crippen molar-refractivity contribution in [1.82, 2.24) is 5.32 Å². The summed E-state index contributed by atoms with van der Waals surface area (Å²) in [5.41, 5.74) is 2.00. The number of benzene rings is 1. The number of aliphatic carboxylic acids is 2. The van der Waals surface area contributed by atoms with Crippen LogP contribution in [0.2, 0.25) is 0 Å². The molecule has 2 atom stereocenters. The first-order chi connectivity index (χ1) is 9.99. The molecule has 2 rings (SSSR count). The molecule has 1 amide bonds. The van der Waals surface area contributed by atoms with E-state index in [0.717, 1.165) is 24.0 Å². The minimum atomic E-state index is -1.40. The first-order valence-corrected chi connectivity index (χ1v) is 6.82. The Morgan fingerprint density at radius 2 is 1.95 bits per heavy atom. The second-order valence-electron chi connectivity index (χ2n) is 5.14. The van der Waals surface area contributed by atoms with Gasteiger partial charge in [-0.05, 0) is 30.4 Å². The number of amides is 1. The Hall–Kier alpha value is -2.37. The van der Waals surface area contributed by atoms with E-state index in [1.54, 1.807) is 0 Å². The molecule has 1 aromatic carbocycles. The van der Waals surface area contributed by atoms with E-state index in [1.165, 1.54) is 0 Å². The quantitative estimate of drug-likeness (QED) is 0.755. The fraction of sp³-hybridized carbons (Fsp3) is 0.400. The molecule has 0 aromatic heterocycles. The summed E-state index contributed by atoms with van der Waals surface area (Å²) in [6.45, 7) is 0. The van der Waals surface area contributed by atoms with E-state index in [9.17, 15) is 14.4 Å². The van der Waals surface area contributed by atoms with Gasteiger partial charge in [-0.1, -0.05) is 24.3 Å². The highest BCUT2D eigenvalue weighted by atomic mass is 16.4. The second-order valence-corrected chi connectivity index (χ2v) is 5.14. The molecule has 0 spiro atoms. The number of carbonyl (C=O) groups excluding carboxylic acids is 1. The van der Waals surface area contributed by atoms with Crippen molar-refractivity contribution < 1.29 is 24.6 Å². The number of hydrogen-bond acceptors (Lipinski definition) is 3. The lowest BCUT2D eigenvalue weighted by molar-refractivity contribution is -0.147. The average molecular weight is 291 g/mol. The summed E-state index contributed by atoms with van der Waals surface area (Å²) >= 11 is 0. The van der Waals surface area contributed by atoms with E-state index >= 15 is 0 Å². The topological polar surface area (TPSA) is 104 Å². The minimum Gasteiger partial charge on any atom is -0.481 e. The SMILES string of the molecule is O=C(O)C[C@H](NC(=O)C1CCCc2ccccc21)C(=O)O. The third-order valence-electron chi connectivity index (χ3n) is 3.68. The molecule has 112 valence electrons. The summed E-state index contributed by atoms with van der Waals surface area (Å²) in [6.07, 6.45) is 1.76. The van der Waals surface area contributed by atoms with Gasteiger partial charge < -0.3 is 15.5 Å². The first-order valence-electron chi connectivity index (χ1n) is 6.82. The molecular weight excluding hydrogens is 274 g/mol. The highest BCUT2D eigenvalue weighted by molar-refractivity contribution is 5.90. The van der Waals surface area contributed by atoms with Crippen molar-refractivity contribution >= 4 is 17.8 Å². The van der Waals surface area contributed by atoms with Gasteiger partial charge in [0.25, 0.3) is 0 Å². The van der Waals surface area contributed by atoms with Gasteiger partial charge in [0.15, 0.2) is 0 Å². The summed E-state index contributed by atoms with van der Waals surface area (Å²) in [5.74, 6) is -3.43. The molecule has 6 nitrogen and oxygen atoms in total. The smallest absolute Gasteiger partial charge is 0.326 e. The molecule has 0 bridgehead atoms. The summed E-state index contributed by atoms with van der Waals surface area (Å²) in [5, 5.41) is 20.0. The molecule has 1 unspecified atom stereocenters. The molecule has 0 heterocycles. The van der Waals surface area contributed by atoms with Crippen LogP contribution in [0.3, 0.4) is 0 Å². The molecule has 1 aliphatic rings. The van der Waals surface area contributed by atoms with Gasteiger partial charge in [0.1, 0.15) is 6.04 Å². The van der Waals surface area contributed by atoms with Gasteiger partial charge in [-0.3, -0.25) is 9.59 Å². The molecule has 1 aliphatic carbocycles. The Bertz CT molecular complexity index is 569. The summed E-state index contributed by atoms with van der Waals surface area (Å²) in [6, 6.07) is 6.18. The molecule has 3 N–H and O–H groups in total. The molecule has 0 saturated heterocycles. The average Bonchev–Trinajstić information content (AvgIpc) is 2.45. The zero-order valence-corrected chi connectivity index (χ0v) is 11.4. The highest BCUT2D eigenvalue weighted by Crippen LogP contribution is 2.31. The van der Waals surface area contributed by atoms with Gasteiger partial charge in [-0.25, -0.2) is 4.79 Å². The number of aryl methyl sites for hydroxylation is 1. The third kappa shape index (κ3) is 3.59. The second kappa shape index (κ2) is 6.39. The molecule has 0 fully saturated rings. The number of carbonyl (C=O) groups is 3. The van der Waals surface area contributed by atoms with Crippen LogP contribution in [0.1, 0.15) is 36.3 Å². The van der Waals surface area contributed by atoms with Gasteiger partial charge in [0.05, 0.1) is 12.3 Å². The standard InChI is InChI=1S/C15H17NO5/c17-13(18)8-12(15(20)21)16-14(19)11-7-3-5-9-4-1-2-6-10(9)11/h1-2,4,6,11-12H,3,5,7-8H2,(H,16,19)(H,17,18)(H,20,21)/t11?,12-/m0/s1. The van der Waals surface area contributed by atoms with Crippen LogP contribution in [0.15, 0.2) is 24.3 Å². The van der Waals surface area contributed by atoms with E-state index in [4.69, 9.17) is 10.2 Å². The zero-order valence-electron chi connectivity index (χ0n) is 11.4. The molecule has 0 radical (unpaired) electrons. The fourth-order valence-electron chi connectivity index (χ4n) is 2.67. The van der Waals surface area contributed by atoms with Crippen LogP contribution in [0.5, 0.6) is 0 Å². The van der Waals surface area contributed by atoms with Crippen molar-refractivity contribution in [3.05, 3.63) is 35.4 Å². The van der Waals surface area contributed by atoms with Crippen LogP contribution in [0.4, 0.5) is 0 Å². The Balaban J connectivity index is 2.13. The lowest BCUT2D eigenvalue weighted by Crippen LogP contribution is -2.44. The minimum absolute atomic E-state index is 0.411. The maximum Gasteiger partial charge on any atom is 0.326 e. The summed E-state index contributed by atoms with van der Waals surface area (Å²) in [7, 11) is 0. The Kier molecular flexibility index (Phi) is 4.57. The van der Waals surface area contributed by atoms with Crippen molar-refractivity contribution in [3.8, 4) is 0 Å². The van der Waals surface area contributed by atoms with E-state index in [0.29, 0.717) is 6.42 Å². The van der Waals surface area contributed by atoms with E-state index in [1.807, 2.05) is 24.3 Å². The third-order valence-corrected chi connectivity index (χ3v) is 3.68. The normalized spacial score (nSPS) is 18.4. The van der Waals surface area contributed by atoms with Crippen molar-refractivity contribution in [2.45, 2.75) is 37.6 Å². The number of carboxylic acids is 2. The summed E-state index contributed by atoms with van der Waals surface area (Å²) in [4.78, 5) is 34.0. The molecule has 21 heavy (non-hydrogen) atoms. The van der Waals surface area contributed by atoms with Crippen molar-refractivity contribution in [2.24, 2.45) is 0 Å². The Morgan fingerprint density at radius 1 is 1.24 bits per heavy atom. The largest absolute Gasteiger partial charge is 0.481 e. The molecule has 1 aromatic rings. The number of nitrogens with one attached hydrogen (secondary N) is 1. The molecule has 0 saturated carbocycles. The fourth-order valence-corrected chi connectivity index (χ4v) is 2.67.